The molecule has 0 radical (unpaired) electrons. The lowest BCUT2D eigenvalue weighted by atomic mass is 9.88. The van der Waals surface area contributed by atoms with Crippen molar-refractivity contribution in [2.75, 3.05) is 0 Å². The van der Waals surface area contributed by atoms with Crippen LogP contribution in [0.2, 0.25) is 0 Å². The molecule has 1 fully saturated rings. The molecular formula is C14H20O. The summed E-state index contributed by atoms with van der Waals surface area (Å²) in [6, 6.07) is 6.37. The number of rotatable bonds is 2. The van der Waals surface area contributed by atoms with Gasteiger partial charge in [0, 0.05) is 6.42 Å². The van der Waals surface area contributed by atoms with E-state index in [-0.39, 0.29) is 0 Å². The maximum Gasteiger partial charge on any atom is 0.0688 e. The van der Waals surface area contributed by atoms with E-state index in [1.807, 2.05) is 0 Å². The highest BCUT2D eigenvalue weighted by molar-refractivity contribution is 5.34. The first-order valence-electron chi connectivity index (χ1n) is 5.88. The summed E-state index contributed by atoms with van der Waals surface area (Å²) in [6.45, 7) is 4.28. The number of aliphatic hydroxyl groups is 1. The van der Waals surface area contributed by atoms with Crippen LogP contribution in [-0.2, 0) is 6.42 Å². The summed E-state index contributed by atoms with van der Waals surface area (Å²) in [7, 11) is 0. The molecule has 1 aliphatic rings. The van der Waals surface area contributed by atoms with Crippen molar-refractivity contribution in [1.82, 2.24) is 0 Å². The molecule has 0 aliphatic heterocycles. The van der Waals surface area contributed by atoms with E-state index < -0.39 is 5.60 Å². The minimum atomic E-state index is -0.420. The lowest BCUT2D eigenvalue weighted by Gasteiger charge is -2.24. The van der Waals surface area contributed by atoms with Gasteiger partial charge in [-0.3, -0.25) is 0 Å². The second kappa shape index (κ2) is 3.97. The van der Waals surface area contributed by atoms with Gasteiger partial charge in [0.2, 0.25) is 0 Å². The minimum Gasteiger partial charge on any atom is -0.390 e. The van der Waals surface area contributed by atoms with Crippen LogP contribution >= 0.6 is 0 Å². The molecular weight excluding hydrogens is 184 g/mol. The van der Waals surface area contributed by atoms with Crippen LogP contribution in [0.25, 0.3) is 0 Å². The van der Waals surface area contributed by atoms with Crippen molar-refractivity contribution in [2.45, 2.75) is 51.6 Å². The van der Waals surface area contributed by atoms with Gasteiger partial charge in [0.05, 0.1) is 5.60 Å². The molecule has 1 aromatic rings. The van der Waals surface area contributed by atoms with Gasteiger partial charge in [0.15, 0.2) is 0 Å². The van der Waals surface area contributed by atoms with Crippen molar-refractivity contribution < 1.29 is 5.11 Å². The SMILES string of the molecule is Cc1cccc(C)c1CC1(O)CCCC1. The summed E-state index contributed by atoms with van der Waals surface area (Å²) in [5.41, 5.74) is 3.56. The lowest BCUT2D eigenvalue weighted by molar-refractivity contribution is 0.0479. The molecule has 1 heteroatoms. The number of benzene rings is 1. The van der Waals surface area contributed by atoms with Crippen molar-refractivity contribution in [1.29, 1.82) is 0 Å². The zero-order valence-electron chi connectivity index (χ0n) is 9.71. The van der Waals surface area contributed by atoms with E-state index >= 15 is 0 Å². The molecule has 82 valence electrons. The molecule has 0 heterocycles. The third-order valence-electron chi connectivity index (χ3n) is 3.68. The molecule has 1 aromatic carbocycles. The second-order valence-electron chi connectivity index (χ2n) is 4.98. The van der Waals surface area contributed by atoms with Gasteiger partial charge in [0.25, 0.3) is 0 Å². The van der Waals surface area contributed by atoms with Crippen LogP contribution < -0.4 is 0 Å². The first kappa shape index (κ1) is 10.7. The Morgan fingerprint density at radius 1 is 1.13 bits per heavy atom. The predicted octanol–water partition coefficient (Wildman–Crippen LogP) is 3.15. The van der Waals surface area contributed by atoms with Crippen LogP contribution in [0.5, 0.6) is 0 Å². The van der Waals surface area contributed by atoms with Crippen molar-refractivity contribution >= 4 is 0 Å². The molecule has 0 saturated heterocycles. The molecule has 0 atom stereocenters. The topological polar surface area (TPSA) is 20.2 Å². The van der Waals surface area contributed by atoms with Crippen LogP contribution in [0.1, 0.15) is 42.4 Å². The Hall–Kier alpha value is -0.820. The lowest BCUT2D eigenvalue weighted by Crippen LogP contribution is -2.27. The van der Waals surface area contributed by atoms with E-state index in [0.29, 0.717) is 0 Å². The number of aryl methyl sites for hydroxylation is 2. The summed E-state index contributed by atoms with van der Waals surface area (Å²) >= 11 is 0. The summed E-state index contributed by atoms with van der Waals surface area (Å²) in [5, 5.41) is 10.4. The maximum atomic E-state index is 10.4. The van der Waals surface area contributed by atoms with Gasteiger partial charge in [-0.1, -0.05) is 31.0 Å². The quantitative estimate of drug-likeness (QED) is 0.784. The summed E-state index contributed by atoms with van der Waals surface area (Å²) in [6.07, 6.45) is 5.15. The zero-order valence-corrected chi connectivity index (χ0v) is 9.71. The van der Waals surface area contributed by atoms with E-state index in [0.717, 1.165) is 19.3 Å². The van der Waals surface area contributed by atoms with Gasteiger partial charge >= 0.3 is 0 Å². The fourth-order valence-corrected chi connectivity index (χ4v) is 2.67. The molecule has 1 aliphatic carbocycles. The molecule has 1 N–H and O–H groups in total. The smallest absolute Gasteiger partial charge is 0.0688 e. The van der Waals surface area contributed by atoms with Crippen LogP contribution in [0.4, 0.5) is 0 Å². The Morgan fingerprint density at radius 2 is 1.67 bits per heavy atom. The molecule has 0 unspecified atom stereocenters. The second-order valence-corrected chi connectivity index (χ2v) is 4.98. The van der Waals surface area contributed by atoms with Gasteiger partial charge in [-0.25, -0.2) is 0 Å². The Balaban J connectivity index is 2.23. The normalized spacial score (nSPS) is 19.4. The minimum absolute atomic E-state index is 0.420. The van der Waals surface area contributed by atoms with Gasteiger partial charge in [0.1, 0.15) is 0 Å². The van der Waals surface area contributed by atoms with Crippen LogP contribution in [0, 0.1) is 13.8 Å². The first-order chi connectivity index (χ1) is 7.11. The third-order valence-corrected chi connectivity index (χ3v) is 3.68. The third kappa shape index (κ3) is 2.23. The summed E-state index contributed by atoms with van der Waals surface area (Å²) in [4.78, 5) is 0. The average molecular weight is 204 g/mol. The molecule has 1 saturated carbocycles. The predicted molar refractivity (Wildman–Crippen MR) is 63.0 cm³/mol. The monoisotopic (exact) mass is 204 g/mol. The zero-order chi connectivity index (χ0) is 10.9. The molecule has 0 aromatic heterocycles. The highest BCUT2D eigenvalue weighted by Crippen LogP contribution is 2.33. The fraction of sp³-hybridized carbons (Fsp3) is 0.571. The van der Waals surface area contributed by atoms with Gasteiger partial charge in [-0.05, 0) is 43.4 Å². The van der Waals surface area contributed by atoms with Gasteiger partial charge in [-0.2, -0.15) is 0 Å². The van der Waals surface area contributed by atoms with E-state index in [2.05, 4.69) is 32.0 Å². The van der Waals surface area contributed by atoms with Crippen molar-refractivity contribution in [2.24, 2.45) is 0 Å². The highest BCUT2D eigenvalue weighted by atomic mass is 16.3. The number of hydrogen-bond acceptors (Lipinski definition) is 1. The summed E-state index contributed by atoms with van der Waals surface area (Å²) in [5.74, 6) is 0. The molecule has 15 heavy (non-hydrogen) atoms. The molecule has 0 spiro atoms. The molecule has 0 bridgehead atoms. The van der Waals surface area contributed by atoms with Gasteiger partial charge < -0.3 is 5.11 Å². The van der Waals surface area contributed by atoms with Crippen LogP contribution in [-0.4, -0.2) is 10.7 Å². The largest absolute Gasteiger partial charge is 0.390 e. The van der Waals surface area contributed by atoms with Crippen molar-refractivity contribution in [3.8, 4) is 0 Å². The Labute approximate surface area is 92.1 Å². The number of hydrogen-bond donors (Lipinski definition) is 1. The Bertz CT molecular complexity index is 328. The molecule has 1 nitrogen and oxygen atoms in total. The summed E-state index contributed by atoms with van der Waals surface area (Å²) < 4.78 is 0. The van der Waals surface area contributed by atoms with Crippen molar-refractivity contribution in [3.05, 3.63) is 34.9 Å². The van der Waals surface area contributed by atoms with Gasteiger partial charge in [-0.15, -0.1) is 0 Å². The fourth-order valence-electron chi connectivity index (χ4n) is 2.67. The molecule has 0 amide bonds. The maximum absolute atomic E-state index is 10.4. The first-order valence-corrected chi connectivity index (χ1v) is 5.88. The highest BCUT2D eigenvalue weighted by Gasteiger charge is 2.31. The van der Waals surface area contributed by atoms with Crippen LogP contribution in [0.3, 0.4) is 0 Å². The van der Waals surface area contributed by atoms with E-state index in [9.17, 15) is 5.11 Å². The van der Waals surface area contributed by atoms with E-state index in [1.165, 1.54) is 29.5 Å². The van der Waals surface area contributed by atoms with E-state index in [1.54, 1.807) is 0 Å². The Morgan fingerprint density at radius 3 is 2.20 bits per heavy atom. The van der Waals surface area contributed by atoms with Crippen LogP contribution in [0.15, 0.2) is 18.2 Å². The average Bonchev–Trinajstić information content (AvgIpc) is 2.60. The van der Waals surface area contributed by atoms with Crippen molar-refractivity contribution in [3.63, 3.8) is 0 Å². The van der Waals surface area contributed by atoms with E-state index in [4.69, 9.17) is 0 Å². The Kier molecular flexibility index (Phi) is 2.83. The molecule has 2 rings (SSSR count). The standard InChI is InChI=1S/C14H20O/c1-11-6-5-7-12(2)13(11)10-14(15)8-3-4-9-14/h5-7,15H,3-4,8-10H2,1-2H3.